The van der Waals surface area contributed by atoms with Crippen LogP contribution in [0.15, 0.2) is 53.5 Å². The van der Waals surface area contributed by atoms with Gasteiger partial charge in [-0.1, -0.05) is 18.2 Å². The second kappa shape index (κ2) is 8.07. The van der Waals surface area contributed by atoms with Gasteiger partial charge in [0, 0.05) is 37.6 Å². The number of rotatable bonds is 6. The molecular formula is C18H20F3N3O2. The minimum atomic E-state index is -4.57. The number of amides is 1. The molecule has 1 N–H and O–H groups in total. The van der Waals surface area contributed by atoms with Crippen molar-refractivity contribution in [2.75, 3.05) is 18.5 Å². The van der Waals surface area contributed by atoms with Crippen LogP contribution in [-0.2, 0) is 17.5 Å². The Balaban J connectivity index is 1.96. The van der Waals surface area contributed by atoms with Gasteiger partial charge in [-0.15, -0.1) is 0 Å². The zero-order chi connectivity index (χ0) is 19.3. The molecule has 0 radical (unpaired) electrons. The van der Waals surface area contributed by atoms with E-state index in [4.69, 9.17) is 0 Å². The fraction of sp³-hybridized carbons (Fsp3) is 0.333. The van der Waals surface area contributed by atoms with E-state index in [0.29, 0.717) is 12.3 Å². The first-order chi connectivity index (χ1) is 12.2. The smallest absolute Gasteiger partial charge is 0.370 e. The molecule has 1 unspecified atom stereocenters. The van der Waals surface area contributed by atoms with Crippen LogP contribution in [0.1, 0.15) is 12.5 Å². The van der Waals surface area contributed by atoms with Crippen LogP contribution in [0.5, 0.6) is 0 Å². The van der Waals surface area contributed by atoms with Gasteiger partial charge >= 0.3 is 6.18 Å². The van der Waals surface area contributed by atoms with Gasteiger partial charge in [-0.3, -0.25) is 9.59 Å². The lowest BCUT2D eigenvalue weighted by molar-refractivity contribution is -0.138. The van der Waals surface area contributed by atoms with E-state index in [1.807, 2.05) is 49.2 Å². The molecule has 140 valence electrons. The molecule has 0 aliphatic rings. The van der Waals surface area contributed by atoms with Crippen LogP contribution in [-0.4, -0.2) is 30.1 Å². The molecule has 8 heteroatoms. The number of nitrogens with zero attached hydrogens (tertiary/aromatic N) is 2. The summed E-state index contributed by atoms with van der Waals surface area (Å²) in [5.41, 5.74) is -0.659. The summed E-state index contributed by atoms with van der Waals surface area (Å²) in [5.74, 6) is -0.528. The topological polar surface area (TPSA) is 54.3 Å². The lowest BCUT2D eigenvalue weighted by atomic mass is 10.2. The Morgan fingerprint density at radius 1 is 1.19 bits per heavy atom. The molecule has 1 aromatic heterocycles. The Kier molecular flexibility index (Phi) is 6.07. The van der Waals surface area contributed by atoms with Crippen LogP contribution >= 0.6 is 0 Å². The highest BCUT2D eigenvalue weighted by Gasteiger charge is 2.31. The van der Waals surface area contributed by atoms with Crippen molar-refractivity contribution in [1.29, 1.82) is 0 Å². The minimum absolute atomic E-state index is 0.0421. The molecule has 0 aliphatic carbocycles. The Morgan fingerprint density at radius 3 is 2.46 bits per heavy atom. The van der Waals surface area contributed by atoms with Gasteiger partial charge in [-0.2, -0.15) is 13.2 Å². The number of aromatic nitrogens is 1. The molecule has 0 saturated heterocycles. The number of benzene rings is 1. The molecule has 5 nitrogen and oxygen atoms in total. The molecule has 1 heterocycles. The number of carbonyl (C=O) groups is 1. The van der Waals surface area contributed by atoms with E-state index in [2.05, 4.69) is 5.32 Å². The monoisotopic (exact) mass is 367 g/mol. The molecule has 0 spiro atoms. The number of nitrogens with one attached hydrogen (secondary N) is 1. The summed E-state index contributed by atoms with van der Waals surface area (Å²) in [4.78, 5) is 25.7. The SMILES string of the molecule is CC(CNC(=O)Cn1cc(C(F)(F)F)ccc1=O)N(C)c1ccccc1. The first-order valence-electron chi connectivity index (χ1n) is 8.00. The molecule has 0 bridgehead atoms. The fourth-order valence-corrected chi connectivity index (χ4v) is 2.35. The Hall–Kier alpha value is -2.77. The molecule has 1 aromatic carbocycles. The Bertz CT molecular complexity index is 803. The normalized spacial score (nSPS) is 12.5. The molecular weight excluding hydrogens is 347 g/mol. The molecule has 0 saturated carbocycles. The standard InChI is InChI=1S/C18H20F3N3O2/c1-13(23(2)15-6-4-3-5-7-15)10-22-16(25)12-24-11-14(18(19,20)21)8-9-17(24)26/h3-9,11,13H,10,12H2,1-2H3,(H,22,25). The highest BCUT2D eigenvalue weighted by Crippen LogP contribution is 2.27. The minimum Gasteiger partial charge on any atom is -0.370 e. The molecule has 2 aromatic rings. The predicted octanol–water partition coefficient (Wildman–Crippen LogP) is 2.51. The van der Waals surface area contributed by atoms with Crippen LogP contribution in [0.25, 0.3) is 0 Å². The number of alkyl halides is 3. The summed E-state index contributed by atoms with van der Waals surface area (Å²) in [7, 11) is 1.88. The summed E-state index contributed by atoms with van der Waals surface area (Å²) in [6, 6.07) is 11.0. The van der Waals surface area contributed by atoms with E-state index in [0.717, 1.165) is 16.3 Å². The zero-order valence-electron chi connectivity index (χ0n) is 14.5. The van der Waals surface area contributed by atoms with Crippen LogP contribution < -0.4 is 15.8 Å². The van der Waals surface area contributed by atoms with E-state index in [1.54, 1.807) is 0 Å². The van der Waals surface area contributed by atoms with Crippen molar-refractivity contribution >= 4 is 11.6 Å². The van der Waals surface area contributed by atoms with Crippen molar-refractivity contribution in [3.63, 3.8) is 0 Å². The third-order valence-corrected chi connectivity index (χ3v) is 4.04. The maximum absolute atomic E-state index is 12.7. The maximum atomic E-state index is 12.7. The predicted molar refractivity (Wildman–Crippen MR) is 93.0 cm³/mol. The summed E-state index contributed by atoms with van der Waals surface area (Å²) in [6.07, 6.45) is -3.92. The van der Waals surface area contributed by atoms with Crippen LogP contribution in [0.3, 0.4) is 0 Å². The van der Waals surface area contributed by atoms with E-state index in [1.165, 1.54) is 0 Å². The van der Waals surface area contributed by atoms with Crippen LogP contribution in [0.4, 0.5) is 18.9 Å². The van der Waals surface area contributed by atoms with Crippen molar-refractivity contribution in [2.24, 2.45) is 0 Å². The van der Waals surface area contributed by atoms with Gasteiger partial charge in [0.05, 0.1) is 5.56 Å². The molecule has 1 amide bonds. The number of hydrogen-bond donors (Lipinski definition) is 1. The van der Waals surface area contributed by atoms with Gasteiger partial charge in [0.25, 0.3) is 5.56 Å². The van der Waals surface area contributed by atoms with Crippen molar-refractivity contribution in [3.05, 3.63) is 64.6 Å². The van der Waals surface area contributed by atoms with Crippen molar-refractivity contribution in [1.82, 2.24) is 9.88 Å². The third kappa shape index (κ3) is 5.11. The number of hydrogen-bond acceptors (Lipinski definition) is 3. The summed E-state index contributed by atoms with van der Waals surface area (Å²) >= 11 is 0. The molecule has 26 heavy (non-hydrogen) atoms. The Morgan fingerprint density at radius 2 is 1.85 bits per heavy atom. The second-order valence-electron chi connectivity index (χ2n) is 5.98. The number of para-hydroxylation sites is 1. The molecule has 1 atom stereocenters. The summed E-state index contributed by atoms with van der Waals surface area (Å²) in [6.45, 7) is 1.73. The lowest BCUT2D eigenvalue weighted by Crippen LogP contribution is -2.42. The van der Waals surface area contributed by atoms with Crippen molar-refractivity contribution < 1.29 is 18.0 Å². The second-order valence-corrected chi connectivity index (χ2v) is 5.98. The van der Waals surface area contributed by atoms with Gasteiger partial charge in [0.2, 0.25) is 5.91 Å². The van der Waals surface area contributed by atoms with E-state index >= 15 is 0 Å². The quantitative estimate of drug-likeness (QED) is 0.854. The number of pyridine rings is 1. The van der Waals surface area contributed by atoms with Crippen molar-refractivity contribution in [2.45, 2.75) is 25.7 Å². The Labute approximate surface area is 149 Å². The number of likely N-dealkylation sites (N-methyl/N-ethyl adjacent to an activating group) is 1. The highest BCUT2D eigenvalue weighted by atomic mass is 19.4. The summed E-state index contributed by atoms with van der Waals surface area (Å²) in [5, 5.41) is 2.65. The van der Waals surface area contributed by atoms with Crippen LogP contribution in [0.2, 0.25) is 0 Å². The first-order valence-corrected chi connectivity index (χ1v) is 8.00. The summed E-state index contributed by atoms with van der Waals surface area (Å²) < 4.78 is 38.9. The van der Waals surface area contributed by atoms with E-state index in [9.17, 15) is 22.8 Å². The van der Waals surface area contributed by atoms with Gasteiger partial charge < -0.3 is 14.8 Å². The number of carbonyl (C=O) groups excluding carboxylic acids is 1. The average Bonchev–Trinajstić information content (AvgIpc) is 2.60. The van der Waals surface area contributed by atoms with Gasteiger partial charge in [-0.05, 0) is 25.1 Å². The highest BCUT2D eigenvalue weighted by molar-refractivity contribution is 5.75. The van der Waals surface area contributed by atoms with E-state index < -0.39 is 29.8 Å². The maximum Gasteiger partial charge on any atom is 0.417 e. The third-order valence-electron chi connectivity index (χ3n) is 4.04. The average molecular weight is 367 g/mol. The zero-order valence-corrected chi connectivity index (χ0v) is 14.5. The van der Waals surface area contributed by atoms with E-state index in [-0.39, 0.29) is 12.6 Å². The molecule has 2 rings (SSSR count). The fourth-order valence-electron chi connectivity index (χ4n) is 2.35. The van der Waals surface area contributed by atoms with Gasteiger partial charge in [0.1, 0.15) is 6.54 Å². The lowest BCUT2D eigenvalue weighted by Gasteiger charge is -2.27. The molecule has 0 fully saturated rings. The van der Waals surface area contributed by atoms with Crippen molar-refractivity contribution in [3.8, 4) is 0 Å². The van der Waals surface area contributed by atoms with Gasteiger partial charge in [-0.25, -0.2) is 0 Å². The number of halogens is 3. The largest absolute Gasteiger partial charge is 0.417 e. The first kappa shape index (κ1) is 19.6. The molecule has 0 aliphatic heterocycles. The van der Waals surface area contributed by atoms with Gasteiger partial charge in [0.15, 0.2) is 0 Å². The van der Waals surface area contributed by atoms with Crippen LogP contribution in [0, 0.1) is 0 Å². The number of anilines is 1.